The minimum Gasteiger partial charge on any atom is -0.385 e. The van der Waals surface area contributed by atoms with E-state index in [4.69, 9.17) is 5.73 Å². The zero-order chi connectivity index (χ0) is 15.2. The van der Waals surface area contributed by atoms with Gasteiger partial charge < -0.3 is 11.1 Å². The van der Waals surface area contributed by atoms with E-state index in [-0.39, 0.29) is 17.0 Å². The zero-order valence-electron chi connectivity index (χ0n) is 12.4. The molecule has 114 valence electrons. The molecule has 0 heterocycles. The van der Waals surface area contributed by atoms with Crippen molar-refractivity contribution in [3.8, 4) is 0 Å². The summed E-state index contributed by atoms with van der Waals surface area (Å²) >= 11 is 0. The van der Waals surface area contributed by atoms with Gasteiger partial charge in [0.25, 0.3) is 0 Å². The molecule has 0 aliphatic heterocycles. The quantitative estimate of drug-likeness (QED) is 0.640. The Morgan fingerprint density at radius 1 is 1.15 bits per heavy atom. The first-order valence-electron chi connectivity index (χ1n) is 6.93. The third-order valence-corrected chi connectivity index (χ3v) is 4.40. The summed E-state index contributed by atoms with van der Waals surface area (Å²) in [5.41, 5.74) is 6.59. The average Bonchev–Trinajstić information content (AvgIpc) is 2.33. The molecule has 1 aromatic carbocycles. The van der Waals surface area contributed by atoms with E-state index in [1.54, 1.807) is 38.1 Å². The first-order valence-corrected chi connectivity index (χ1v) is 8.41. The average molecular weight is 299 g/mol. The van der Waals surface area contributed by atoms with Crippen molar-refractivity contribution in [2.24, 2.45) is 5.73 Å². The van der Waals surface area contributed by atoms with E-state index in [9.17, 15) is 8.42 Å². The molecule has 1 rings (SSSR count). The third-order valence-electron chi connectivity index (χ3n) is 2.72. The second-order valence-corrected chi connectivity index (χ2v) is 7.06. The minimum atomic E-state index is -3.41. The summed E-state index contributed by atoms with van der Waals surface area (Å²) in [6.07, 6.45) is 1.96. The van der Waals surface area contributed by atoms with Crippen molar-refractivity contribution in [1.29, 1.82) is 0 Å². The highest BCUT2D eigenvalue weighted by Gasteiger charge is 2.14. The molecule has 5 nitrogen and oxygen atoms in total. The summed E-state index contributed by atoms with van der Waals surface area (Å²) in [4.78, 5) is 0.285. The highest BCUT2D eigenvalue weighted by Crippen LogP contribution is 2.14. The van der Waals surface area contributed by atoms with Crippen LogP contribution >= 0.6 is 0 Å². The Morgan fingerprint density at radius 2 is 1.75 bits per heavy atom. The Bertz CT molecular complexity index is 496. The third kappa shape index (κ3) is 5.90. The summed E-state index contributed by atoms with van der Waals surface area (Å²) in [6, 6.07) is 6.88. The molecule has 0 aromatic heterocycles. The molecule has 0 amide bonds. The second kappa shape index (κ2) is 7.61. The molecule has 0 aliphatic rings. The lowest BCUT2D eigenvalue weighted by Crippen LogP contribution is -2.30. The van der Waals surface area contributed by atoms with E-state index in [1.807, 2.05) is 6.92 Å². The molecule has 0 bridgehead atoms. The number of anilines is 1. The number of hydrogen-bond donors (Lipinski definition) is 3. The molecule has 0 saturated heterocycles. The van der Waals surface area contributed by atoms with Gasteiger partial charge in [-0.15, -0.1) is 0 Å². The first kappa shape index (κ1) is 16.9. The SMILES string of the molecule is CC(N)CCCNc1ccc(S(=O)(=O)NC(C)C)cc1. The predicted octanol–water partition coefficient (Wildman–Crippen LogP) is 1.91. The maximum atomic E-state index is 11.9. The van der Waals surface area contributed by atoms with Crippen molar-refractivity contribution in [2.45, 2.75) is 50.6 Å². The van der Waals surface area contributed by atoms with Gasteiger partial charge in [0.05, 0.1) is 4.90 Å². The predicted molar refractivity (Wildman–Crippen MR) is 83.3 cm³/mol. The molecular weight excluding hydrogens is 274 g/mol. The molecule has 1 atom stereocenters. The maximum absolute atomic E-state index is 11.9. The summed E-state index contributed by atoms with van der Waals surface area (Å²) in [7, 11) is -3.41. The lowest BCUT2D eigenvalue weighted by atomic mass is 10.2. The van der Waals surface area contributed by atoms with Crippen molar-refractivity contribution in [3.63, 3.8) is 0 Å². The Morgan fingerprint density at radius 3 is 2.25 bits per heavy atom. The second-order valence-electron chi connectivity index (χ2n) is 5.35. The van der Waals surface area contributed by atoms with E-state index in [2.05, 4.69) is 10.0 Å². The van der Waals surface area contributed by atoms with Crippen LogP contribution in [0.25, 0.3) is 0 Å². The van der Waals surface area contributed by atoms with E-state index in [1.165, 1.54) is 0 Å². The van der Waals surface area contributed by atoms with Gasteiger partial charge in [-0.05, 0) is 57.9 Å². The summed E-state index contributed by atoms with van der Waals surface area (Å²) in [5.74, 6) is 0. The van der Waals surface area contributed by atoms with Crippen molar-refractivity contribution in [3.05, 3.63) is 24.3 Å². The lowest BCUT2D eigenvalue weighted by Gasteiger charge is -2.11. The number of benzene rings is 1. The summed E-state index contributed by atoms with van der Waals surface area (Å²) in [6.45, 7) is 6.41. The summed E-state index contributed by atoms with van der Waals surface area (Å²) in [5, 5.41) is 3.25. The molecule has 1 aromatic rings. The monoisotopic (exact) mass is 299 g/mol. The van der Waals surface area contributed by atoms with Crippen LogP contribution in [-0.2, 0) is 10.0 Å². The fourth-order valence-electron chi connectivity index (χ4n) is 1.79. The number of sulfonamides is 1. The maximum Gasteiger partial charge on any atom is 0.240 e. The van der Waals surface area contributed by atoms with Gasteiger partial charge >= 0.3 is 0 Å². The normalized spacial score (nSPS) is 13.4. The van der Waals surface area contributed by atoms with E-state index in [0.717, 1.165) is 25.1 Å². The van der Waals surface area contributed by atoms with E-state index < -0.39 is 10.0 Å². The van der Waals surface area contributed by atoms with Crippen LogP contribution in [0, 0.1) is 0 Å². The number of nitrogens with two attached hydrogens (primary N) is 1. The van der Waals surface area contributed by atoms with Crippen LogP contribution in [0.5, 0.6) is 0 Å². The summed E-state index contributed by atoms with van der Waals surface area (Å²) < 4.78 is 26.4. The fraction of sp³-hybridized carbons (Fsp3) is 0.571. The number of hydrogen-bond acceptors (Lipinski definition) is 4. The largest absolute Gasteiger partial charge is 0.385 e. The van der Waals surface area contributed by atoms with Crippen LogP contribution in [0.3, 0.4) is 0 Å². The molecule has 0 fully saturated rings. The van der Waals surface area contributed by atoms with Gasteiger partial charge in [-0.3, -0.25) is 0 Å². The van der Waals surface area contributed by atoms with Crippen LogP contribution in [0.4, 0.5) is 5.69 Å². The lowest BCUT2D eigenvalue weighted by molar-refractivity contribution is 0.570. The highest BCUT2D eigenvalue weighted by molar-refractivity contribution is 7.89. The molecule has 0 radical (unpaired) electrons. The van der Waals surface area contributed by atoms with Gasteiger partial charge in [0, 0.05) is 24.3 Å². The van der Waals surface area contributed by atoms with Gasteiger partial charge in [-0.1, -0.05) is 0 Å². The first-order chi connectivity index (χ1) is 9.31. The van der Waals surface area contributed by atoms with Crippen molar-refractivity contribution < 1.29 is 8.42 Å². The molecule has 4 N–H and O–H groups in total. The van der Waals surface area contributed by atoms with Crippen molar-refractivity contribution >= 4 is 15.7 Å². The molecule has 0 aliphatic carbocycles. The molecule has 20 heavy (non-hydrogen) atoms. The standard InChI is InChI=1S/C14H25N3O2S/c1-11(2)17-20(18,19)14-8-6-13(7-9-14)16-10-4-5-12(3)15/h6-9,11-12,16-17H,4-5,10,15H2,1-3H3. The van der Waals surface area contributed by atoms with Gasteiger partial charge in [0.2, 0.25) is 10.0 Å². The molecule has 1 unspecified atom stereocenters. The van der Waals surface area contributed by atoms with Gasteiger partial charge in [0.15, 0.2) is 0 Å². The fourth-order valence-corrected chi connectivity index (χ4v) is 3.04. The Labute approximate surface area is 122 Å². The molecule has 0 saturated carbocycles. The Balaban J connectivity index is 2.56. The van der Waals surface area contributed by atoms with Gasteiger partial charge in [0.1, 0.15) is 0 Å². The van der Waals surface area contributed by atoms with Crippen LogP contribution in [0.2, 0.25) is 0 Å². The van der Waals surface area contributed by atoms with Crippen LogP contribution < -0.4 is 15.8 Å². The molecule has 6 heteroatoms. The van der Waals surface area contributed by atoms with Crippen molar-refractivity contribution in [2.75, 3.05) is 11.9 Å². The number of rotatable bonds is 8. The van der Waals surface area contributed by atoms with Crippen LogP contribution in [0.15, 0.2) is 29.2 Å². The van der Waals surface area contributed by atoms with Crippen molar-refractivity contribution in [1.82, 2.24) is 4.72 Å². The number of nitrogens with one attached hydrogen (secondary N) is 2. The van der Waals surface area contributed by atoms with Crippen LogP contribution in [0.1, 0.15) is 33.6 Å². The van der Waals surface area contributed by atoms with E-state index >= 15 is 0 Å². The Kier molecular flexibility index (Phi) is 6.45. The van der Waals surface area contributed by atoms with Gasteiger partial charge in [-0.2, -0.15) is 0 Å². The van der Waals surface area contributed by atoms with E-state index in [0.29, 0.717) is 0 Å². The molecular formula is C14H25N3O2S. The highest BCUT2D eigenvalue weighted by atomic mass is 32.2. The zero-order valence-corrected chi connectivity index (χ0v) is 13.2. The molecule has 0 spiro atoms. The topological polar surface area (TPSA) is 84.2 Å². The van der Waals surface area contributed by atoms with Crippen LogP contribution in [-0.4, -0.2) is 27.0 Å². The Hall–Kier alpha value is -1.11. The smallest absolute Gasteiger partial charge is 0.240 e. The minimum absolute atomic E-state index is 0.115. The van der Waals surface area contributed by atoms with Gasteiger partial charge in [-0.25, -0.2) is 13.1 Å².